The molecule has 0 aliphatic heterocycles. The van der Waals surface area contributed by atoms with E-state index < -0.39 is 0 Å². The van der Waals surface area contributed by atoms with Crippen LogP contribution in [0.2, 0.25) is 0 Å². The molecule has 0 bridgehead atoms. The van der Waals surface area contributed by atoms with E-state index >= 15 is 0 Å². The number of nitrogens with zero attached hydrogens (tertiary/aromatic N) is 3. The van der Waals surface area contributed by atoms with Crippen LogP contribution in [0.4, 0.5) is 0 Å². The predicted octanol–water partition coefficient (Wildman–Crippen LogP) is 1.86. The molecule has 4 rings (SSSR count). The zero-order valence-corrected chi connectivity index (χ0v) is 13.2. The fraction of sp³-hybridized carbons (Fsp3) is 0.278. The quantitative estimate of drug-likeness (QED) is 0.751. The fourth-order valence-electron chi connectivity index (χ4n) is 2.88. The smallest absolute Gasteiger partial charge is 0.256 e. The lowest BCUT2D eigenvalue weighted by Gasteiger charge is -2.11. The second kappa shape index (κ2) is 6.05. The number of hydrogen-bond acceptors (Lipinski definition) is 4. The summed E-state index contributed by atoms with van der Waals surface area (Å²) >= 11 is 0. The average molecular weight is 321 g/mol. The van der Waals surface area contributed by atoms with Crippen molar-refractivity contribution < 1.29 is 4.79 Å². The Kier molecular flexibility index (Phi) is 3.74. The van der Waals surface area contributed by atoms with Crippen molar-refractivity contribution in [3.63, 3.8) is 0 Å². The molecular weight excluding hydrogens is 302 g/mol. The molecule has 2 aromatic heterocycles. The maximum Gasteiger partial charge on any atom is 0.256 e. The number of benzene rings is 1. The van der Waals surface area contributed by atoms with Gasteiger partial charge in [0.05, 0.1) is 11.9 Å². The van der Waals surface area contributed by atoms with Gasteiger partial charge in [0, 0.05) is 24.3 Å². The number of nitrogens with two attached hydrogens (primary N) is 1. The van der Waals surface area contributed by atoms with Crippen molar-refractivity contribution in [1.82, 2.24) is 19.9 Å². The predicted molar refractivity (Wildman–Crippen MR) is 91.5 cm³/mol. The second-order valence-corrected chi connectivity index (χ2v) is 6.20. The molecule has 0 saturated heterocycles. The van der Waals surface area contributed by atoms with E-state index in [2.05, 4.69) is 15.4 Å². The third kappa shape index (κ3) is 2.76. The molecule has 6 heteroatoms. The Morgan fingerprint density at radius 2 is 2.08 bits per heavy atom. The highest BCUT2D eigenvalue weighted by Crippen LogP contribution is 2.31. The largest absolute Gasteiger partial charge is 0.350 e. The van der Waals surface area contributed by atoms with Gasteiger partial charge in [-0.15, -0.1) is 0 Å². The molecule has 6 nitrogen and oxygen atoms in total. The van der Waals surface area contributed by atoms with Crippen molar-refractivity contribution in [3.8, 4) is 11.3 Å². The fourth-order valence-corrected chi connectivity index (χ4v) is 2.88. The molecule has 0 spiro atoms. The molecule has 3 aromatic rings. The van der Waals surface area contributed by atoms with Crippen LogP contribution in [-0.4, -0.2) is 33.1 Å². The molecule has 1 saturated carbocycles. The molecule has 1 unspecified atom stereocenters. The zero-order valence-electron chi connectivity index (χ0n) is 13.2. The van der Waals surface area contributed by atoms with Crippen molar-refractivity contribution >= 4 is 11.6 Å². The minimum atomic E-state index is -0.182. The first-order valence-electron chi connectivity index (χ1n) is 8.16. The van der Waals surface area contributed by atoms with E-state index in [1.165, 1.54) is 0 Å². The van der Waals surface area contributed by atoms with Crippen LogP contribution in [-0.2, 0) is 0 Å². The third-order valence-electron chi connectivity index (χ3n) is 4.44. The molecule has 1 amide bonds. The number of nitrogens with one attached hydrogen (secondary N) is 1. The van der Waals surface area contributed by atoms with Gasteiger partial charge in [-0.3, -0.25) is 4.79 Å². The highest BCUT2D eigenvalue weighted by atomic mass is 16.1. The Morgan fingerprint density at radius 3 is 2.83 bits per heavy atom. The number of aromatic nitrogens is 3. The van der Waals surface area contributed by atoms with Crippen LogP contribution < -0.4 is 11.1 Å². The lowest BCUT2D eigenvalue weighted by Crippen LogP contribution is -2.38. The van der Waals surface area contributed by atoms with Gasteiger partial charge in [0.2, 0.25) is 0 Å². The van der Waals surface area contributed by atoms with Gasteiger partial charge in [-0.25, -0.2) is 9.50 Å². The molecule has 1 atom stereocenters. The molecule has 1 fully saturated rings. The van der Waals surface area contributed by atoms with E-state index in [1.807, 2.05) is 36.4 Å². The highest BCUT2D eigenvalue weighted by Gasteiger charge is 2.28. The molecule has 1 aliphatic carbocycles. The van der Waals surface area contributed by atoms with E-state index in [0.717, 1.165) is 24.1 Å². The lowest BCUT2D eigenvalue weighted by molar-refractivity contribution is 0.0951. The molecule has 2 heterocycles. The van der Waals surface area contributed by atoms with Crippen LogP contribution in [0.25, 0.3) is 16.9 Å². The van der Waals surface area contributed by atoms with Gasteiger partial charge in [0.15, 0.2) is 5.65 Å². The summed E-state index contributed by atoms with van der Waals surface area (Å²) in [5.74, 6) is 0.371. The minimum Gasteiger partial charge on any atom is -0.350 e. The van der Waals surface area contributed by atoms with Crippen LogP contribution in [0.3, 0.4) is 0 Å². The van der Waals surface area contributed by atoms with Crippen LogP contribution >= 0.6 is 0 Å². The summed E-state index contributed by atoms with van der Waals surface area (Å²) < 4.78 is 1.70. The van der Waals surface area contributed by atoms with E-state index in [9.17, 15) is 4.79 Å². The third-order valence-corrected chi connectivity index (χ3v) is 4.44. The Morgan fingerprint density at radius 1 is 1.29 bits per heavy atom. The number of rotatable bonds is 5. The van der Waals surface area contributed by atoms with Gasteiger partial charge in [-0.05, 0) is 24.8 Å². The first-order valence-corrected chi connectivity index (χ1v) is 8.16. The minimum absolute atomic E-state index is 0.0311. The molecule has 24 heavy (non-hydrogen) atoms. The van der Waals surface area contributed by atoms with Gasteiger partial charge < -0.3 is 11.1 Å². The summed E-state index contributed by atoms with van der Waals surface area (Å²) in [6.45, 7) is 0.485. The SMILES string of the molecule is NC(CNC(=O)c1cnn2c(-c3ccccc3)ccnc12)C1CC1. The van der Waals surface area contributed by atoms with Crippen molar-refractivity contribution in [3.05, 3.63) is 54.4 Å². The van der Waals surface area contributed by atoms with Crippen LogP contribution in [0, 0.1) is 5.92 Å². The first kappa shape index (κ1) is 14.8. The van der Waals surface area contributed by atoms with Crippen LogP contribution in [0.15, 0.2) is 48.8 Å². The average Bonchev–Trinajstić information content (AvgIpc) is 3.39. The summed E-state index contributed by atoms with van der Waals surface area (Å²) in [7, 11) is 0. The summed E-state index contributed by atoms with van der Waals surface area (Å²) in [5.41, 5.74) is 8.98. The molecule has 0 radical (unpaired) electrons. The molecule has 1 aromatic carbocycles. The van der Waals surface area contributed by atoms with E-state index in [1.54, 1.807) is 16.9 Å². The van der Waals surface area contributed by atoms with Crippen molar-refractivity contribution in [1.29, 1.82) is 0 Å². The maximum atomic E-state index is 12.5. The highest BCUT2D eigenvalue weighted by molar-refractivity contribution is 5.99. The molecular formula is C18H19N5O. The Balaban J connectivity index is 1.62. The molecule has 3 N–H and O–H groups in total. The standard InChI is InChI=1S/C18H19N5O/c19-15(12-6-7-12)11-21-18(24)14-10-22-23-16(8-9-20-17(14)23)13-4-2-1-3-5-13/h1-5,8-10,12,15H,6-7,11,19H2,(H,21,24). The van der Waals surface area contributed by atoms with Crippen molar-refractivity contribution in [2.45, 2.75) is 18.9 Å². The summed E-state index contributed by atoms with van der Waals surface area (Å²) in [6.07, 6.45) is 5.59. The first-order chi connectivity index (χ1) is 11.7. The zero-order chi connectivity index (χ0) is 16.5. The molecule has 1 aliphatic rings. The summed E-state index contributed by atoms with van der Waals surface area (Å²) in [5, 5.41) is 7.25. The molecule has 122 valence electrons. The Hall–Kier alpha value is -2.73. The number of carbonyl (C=O) groups is 1. The summed E-state index contributed by atoms with van der Waals surface area (Å²) in [6, 6.07) is 11.8. The van der Waals surface area contributed by atoms with E-state index in [0.29, 0.717) is 23.7 Å². The van der Waals surface area contributed by atoms with Gasteiger partial charge in [-0.2, -0.15) is 5.10 Å². The second-order valence-electron chi connectivity index (χ2n) is 6.20. The Bertz CT molecular complexity index is 870. The summed E-state index contributed by atoms with van der Waals surface area (Å²) in [4.78, 5) is 16.8. The maximum absolute atomic E-state index is 12.5. The van der Waals surface area contributed by atoms with Crippen LogP contribution in [0.1, 0.15) is 23.2 Å². The number of amides is 1. The van der Waals surface area contributed by atoms with Crippen molar-refractivity contribution in [2.24, 2.45) is 11.7 Å². The monoisotopic (exact) mass is 321 g/mol. The van der Waals surface area contributed by atoms with Crippen molar-refractivity contribution in [2.75, 3.05) is 6.54 Å². The normalized spacial score (nSPS) is 15.4. The van der Waals surface area contributed by atoms with E-state index in [-0.39, 0.29) is 11.9 Å². The van der Waals surface area contributed by atoms with Gasteiger partial charge in [-0.1, -0.05) is 30.3 Å². The van der Waals surface area contributed by atoms with Gasteiger partial charge >= 0.3 is 0 Å². The lowest BCUT2D eigenvalue weighted by atomic mass is 10.1. The van der Waals surface area contributed by atoms with Crippen LogP contribution in [0.5, 0.6) is 0 Å². The Labute approximate surface area is 139 Å². The topological polar surface area (TPSA) is 85.3 Å². The number of carbonyl (C=O) groups excluding carboxylic acids is 1. The van der Waals surface area contributed by atoms with Gasteiger partial charge in [0.25, 0.3) is 5.91 Å². The number of hydrogen-bond donors (Lipinski definition) is 2. The number of fused-ring (bicyclic) bond motifs is 1. The van der Waals surface area contributed by atoms with Gasteiger partial charge in [0.1, 0.15) is 5.56 Å². The van der Waals surface area contributed by atoms with E-state index in [4.69, 9.17) is 5.73 Å².